The molecule has 2 aromatic rings. The highest BCUT2D eigenvalue weighted by Crippen LogP contribution is 2.28. The maximum Gasteiger partial charge on any atom is 0.259 e. The lowest BCUT2D eigenvalue weighted by Crippen LogP contribution is -2.30. The lowest BCUT2D eigenvalue weighted by Gasteiger charge is -2.20. The van der Waals surface area contributed by atoms with E-state index in [9.17, 15) is 18.0 Å². The van der Waals surface area contributed by atoms with Crippen molar-refractivity contribution in [3.05, 3.63) is 53.1 Å². The fraction of sp³-hybridized carbons (Fsp3) is 0.391. The average molecular weight is 462 g/mol. The predicted molar refractivity (Wildman–Crippen MR) is 125 cm³/mol. The van der Waals surface area contributed by atoms with Gasteiger partial charge < -0.3 is 15.0 Å². The number of benzene rings is 2. The molecule has 0 saturated carbocycles. The highest BCUT2D eigenvalue weighted by Gasteiger charge is 2.24. The van der Waals surface area contributed by atoms with Crippen LogP contribution in [0.3, 0.4) is 0 Å². The molecule has 174 valence electrons. The third-order valence-electron chi connectivity index (χ3n) is 5.21. The second-order valence-electron chi connectivity index (χ2n) is 7.53. The quantitative estimate of drug-likeness (QED) is 0.619. The minimum absolute atomic E-state index is 0.126. The van der Waals surface area contributed by atoms with Crippen LogP contribution in [-0.4, -0.2) is 63.2 Å². The van der Waals surface area contributed by atoms with Crippen molar-refractivity contribution in [2.75, 3.05) is 39.1 Å². The van der Waals surface area contributed by atoms with Gasteiger partial charge in [0.25, 0.3) is 11.8 Å². The van der Waals surface area contributed by atoms with E-state index in [0.29, 0.717) is 18.8 Å². The van der Waals surface area contributed by atoms with E-state index in [2.05, 4.69) is 5.32 Å². The van der Waals surface area contributed by atoms with Crippen LogP contribution < -0.4 is 10.1 Å². The molecule has 0 spiro atoms. The van der Waals surface area contributed by atoms with Gasteiger partial charge in [-0.05, 0) is 49.2 Å². The van der Waals surface area contributed by atoms with Crippen LogP contribution in [0.4, 0.5) is 5.69 Å². The van der Waals surface area contributed by atoms with Gasteiger partial charge in [0.15, 0.2) is 6.61 Å². The molecule has 8 nitrogen and oxygen atoms in total. The zero-order valence-electron chi connectivity index (χ0n) is 19.4. The summed E-state index contributed by atoms with van der Waals surface area (Å²) in [6.45, 7) is 7.68. The Morgan fingerprint density at radius 1 is 1.03 bits per heavy atom. The lowest BCUT2D eigenvalue weighted by molar-refractivity contribution is -0.130. The van der Waals surface area contributed by atoms with Gasteiger partial charge in [-0.3, -0.25) is 9.59 Å². The van der Waals surface area contributed by atoms with Crippen molar-refractivity contribution in [3.63, 3.8) is 0 Å². The van der Waals surface area contributed by atoms with E-state index in [1.165, 1.54) is 15.3 Å². The number of likely N-dealkylation sites (N-methyl/N-ethyl adjacent to an activating group) is 1. The van der Waals surface area contributed by atoms with Gasteiger partial charge in [0.2, 0.25) is 10.0 Å². The van der Waals surface area contributed by atoms with E-state index in [1.807, 2.05) is 6.92 Å². The summed E-state index contributed by atoms with van der Waals surface area (Å²) < 4.78 is 32.9. The van der Waals surface area contributed by atoms with Crippen LogP contribution in [0.15, 0.2) is 41.3 Å². The molecule has 1 N–H and O–H groups in total. The smallest absolute Gasteiger partial charge is 0.259 e. The Morgan fingerprint density at radius 3 is 2.25 bits per heavy atom. The third-order valence-corrected chi connectivity index (χ3v) is 7.24. The summed E-state index contributed by atoms with van der Waals surface area (Å²) in [6, 6.07) is 9.68. The fourth-order valence-corrected chi connectivity index (χ4v) is 4.63. The number of nitrogens with zero attached hydrogens (tertiary/aromatic N) is 2. The molecular weight excluding hydrogens is 430 g/mol. The summed E-state index contributed by atoms with van der Waals surface area (Å²) in [7, 11) is -0.443. The van der Waals surface area contributed by atoms with Crippen molar-refractivity contribution in [1.29, 1.82) is 0 Å². The first kappa shape index (κ1) is 25.4. The molecule has 0 heterocycles. The lowest BCUT2D eigenvalue weighted by atomic mass is 10.1. The van der Waals surface area contributed by atoms with Gasteiger partial charge >= 0.3 is 0 Å². The van der Waals surface area contributed by atoms with Crippen LogP contribution in [-0.2, 0) is 14.8 Å². The van der Waals surface area contributed by atoms with E-state index < -0.39 is 15.9 Å². The first-order chi connectivity index (χ1) is 15.0. The number of ether oxygens (including phenoxy) is 1. The molecule has 0 atom stereocenters. The molecule has 0 bridgehead atoms. The number of aryl methyl sites for hydroxylation is 1. The Balaban J connectivity index is 2.37. The summed E-state index contributed by atoms with van der Waals surface area (Å²) >= 11 is 0. The standard InChI is InChI=1S/C23H31N3O5S/c1-7-26(8-2)32(29,30)18-13-16(3)17(4)20(14-18)24-23(28)19-11-9-10-12-21(19)31-15-22(27)25(5)6/h9-14H,7-8,15H2,1-6H3,(H,24,28). The summed E-state index contributed by atoms with van der Waals surface area (Å²) in [5, 5.41) is 2.81. The van der Waals surface area contributed by atoms with Crippen LogP contribution in [0.25, 0.3) is 0 Å². The number of hydrogen-bond donors (Lipinski definition) is 1. The summed E-state index contributed by atoms with van der Waals surface area (Å²) in [5.74, 6) is -0.430. The molecule has 32 heavy (non-hydrogen) atoms. The predicted octanol–water partition coefficient (Wildman–Crippen LogP) is 3.05. The number of hydrogen-bond acceptors (Lipinski definition) is 5. The molecule has 2 amide bonds. The molecule has 0 aliphatic heterocycles. The van der Waals surface area contributed by atoms with Crippen molar-refractivity contribution in [3.8, 4) is 5.75 Å². The van der Waals surface area contributed by atoms with Crippen LogP contribution in [0, 0.1) is 13.8 Å². The van der Waals surface area contributed by atoms with Crippen LogP contribution in [0.5, 0.6) is 5.75 Å². The van der Waals surface area contributed by atoms with E-state index in [0.717, 1.165) is 11.1 Å². The Bertz CT molecular complexity index is 1090. The summed E-state index contributed by atoms with van der Waals surface area (Å²) in [5.41, 5.74) is 2.15. The van der Waals surface area contributed by atoms with Crippen LogP contribution in [0.1, 0.15) is 35.3 Å². The fourth-order valence-electron chi connectivity index (χ4n) is 3.06. The van der Waals surface area contributed by atoms with Gasteiger partial charge in [-0.25, -0.2) is 8.42 Å². The number of para-hydroxylation sites is 1. The molecule has 9 heteroatoms. The van der Waals surface area contributed by atoms with Crippen molar-refractivity contribution >= 4 is 27.5 Å². The molecule has 0 aliphatic carbocycles. The number of sulfonamides is 1. The maximum absolute atomic E-state index is 13.0. The Hall–Kier alpha value is -2.91. The van der Waals surface area contributed by atoms with Gasteiger partial charge in [-0.2, -0.15) is 4.31 Å². The van der Waals surface area contributed by atoms with E-state index in [4.69, 9.17) is 4.74 Å². The topological polar surface area (TPSA) is 96.0 Å². The molecule has 0 radical (unpaired) electrons. The highest BCUT2D eigenvalue weighted by molar-refractivity contribution is 7.89. The molecule has 0 fully saturated rings. The van der Waals surface area contributed by atoms with Gasteiger partial charge in [0.05, 0.1) is 10.5 Å². The molecule has 2 aromatic carbocycles. The second kappa shape index (κ2) is 10.6. The Morgan fingerprint density at radius 2 is 1.66 bits per heavy atom. The largest absolute Gasteiger partial charge is 0.483 e. The molecular formula is C23H31N3O5S. The van der Waals surface area contributed by atoms with Gasteiger partial charge in [0.1, 0.15) is 5.75 Å². The average Bonchev–Trinajstić information content (AvgIpc) is 2.75. The number of anilines is 1. The molecule has 0 unspecified atom stereocenters. The van der Waals surface area contributed by atoms with Gasteiger partial charge in [-0.1, -0.05) is 26.0 Å². The maximum atomic E-state index is 13.0. The Labute approximate surface area is 190 Å². The Kier molecular flexibility index (Phi) is 8.40. The summed E-state index contributed by atoms with van der Waals surface area (Å²) in [4.78, 5) is 26.4. The minimum Gasteiger partial charge on any atom is -0.483 e. The number of carbonyl (C=O) groups is 2. The molecule has 0 aliphatic rings. The minimum atomic E-state index is -3.68. The van der Waals surface area contributed by atoms with Gasteiger partial charge in [-0.15, -0.1) is 0 Å². The first-order valence-electron chi connectivity index (χ1n) is 10.4. The van der Waals surface area contributed by atoms with Crippen LogP contribution >= 0.6 is 0 Å². The monoisotopic (exact) mass is 461 g/mol. The summed E-state index contributed by atoms with van der Waals surface area (Å²) in [6.07, 6.45) is 0. The zero-order chi connectivity index (χ0) is 24.1. The number of carbonyl (C=O) groups excluding carboxylic acids is 2. The molecule has 2 rings (SSSR count). The number of rotatable bonds is 9. The van der Waals surface area contributed by atoms with Gasteiger partial charge in [0, 0.05) is 32.9 Å². The number of amides is 2. The van der Waals surface area contributed by atoms with Crippen molar-refractivity contribution in [2.45, 2.75) is 32.6 Å². The third kappa shape index (κ3) is 5.66. The van der Waals surface area contributed by atoms with E-state index in [-0.39, 0.29) is 28.7 Å². The van der Waals surface area contributed by atoms with E-state index >= 15 is 0 Å². The van der Waals surface area contributed by atoms with E-state index in [1.54, 1.807) is 65.2 Å². The van der Waals surface area contributed by atoms with Crippen molar-refractivity contribution < 1.29 is 22.7 Å². The van der Waals surface area contributed by atoms with Crippen molar-refractivity contribution in [2.24, 2.45) is 0 Å². The number of nitrogens with one attached hydrogen (secondary N) is 1. The first-order valence-corrected chi connectivity index (χ1v) is 11.8. The van der Waals surface area contributed by atoms with Crippen molar-refractivity contribution in [1.82, 2.24) is 9.21 Å². The molecule has 0 saturated heterocycles. The normalized spacial score (nSPS) is 11.3. The van der Waals surface area contributed by atoms with Crippen LogP contribution in [0.2, 0.25) is 0 Å². The molecule has 0 aromatic heterocycles. The SMILES string of the molecule is CCN(CC)S(=O)(=O)c1cc(C)c(C)c(NC(=O)c2ccccc2OCC(=O)N(C)C)c1. The second-order valence-corrected chi connectivity index (χ2v) is 9.47. The zero-order valence-corrected chi connectivity index (χ0v) is 20.2. The highest BCUT2D eigenvalue weighted by atomic mass is 32.2.